The van der Waals surface area contributed by atoms with Crippen molar-refractivity contribution >= 4 is 23.7 Å². The van der Waals surface area contributed by atoms with Crippen LogP contribution in [-0.2, 0) is 0 Å². The van der Waals surface area contributed by atoms with Crippen LogP contribution in [-0.4, -0.2) is 58.0 Å². The minimum atomic E-state index is -1.16. The average molecular weight is 322 g/mol. The van der Waals surface area contributed by atoms with E-state index in [0.717, 1.165) is 5.69 Å². The number of anilines is 2. The van der Waals surface area contributed by atoms with Crippen molar-refractivity contribution in [1.82, 2.24) is 9.88 Å². The van der Waals surface area contributed by atoms with Gasteiger partial charge >= 0.3 is 12.2 Å². The zero-order valence-corrected chi connectivity index (χ0v) is 13.5. The fourth-order valence-corrected chi connectivity index (χ4v) is 2.74. The van der Waals surface area contributed by atoms with E-state index in [2.05, 4.69) is 15.2 Å². The molecule has 1 aliphatic heterocycles. The fourth-order valence-electron chi connectivity index (χ4n) is 2.74. The number of nitrogens with one attached hydrogen (secondary N) is 1. The van der Waals surface area contributed by atoms with Gasteiger partial charge < -0.3 is 20.0 Å². The molecule has 1 fully saturated rings. The number of aromatic nitrogens is 1. The van der Waals surface area contributed by atoms with Gasteiger partial charge in [-0.3, -0.25) is 5.32 Å². The molecule has 2 rings (SSSR count). The Morgan fingerprint density at radius 3 is 2.43 bits per heavy atom. The van der Waals surface area contributed by atoms with Gasteiger partial charge in [0.25, 0.3) is 0 Å². The van der Waals surface area contributed by atoms with Gasteiger partial charge in [0.15, 0.2) is 0 Å². The molecule has 2 heterocycles. The van der Waals surface area contributed by atoms with E-state index in [1.807, 2.05) is 20.8 Å². The maximum Gasteiger partial charge on any atom is 0.410 e. The third-order valence-electron chi connectivity index (χ3n) is 3.97. The monoisotopic (exact) mass is 322 g/mol. The van der Waals surface area contributed by atoms with Crippen molar-refractivity contribution in [2.24, 2.45) is 5.41 Å². The highest BCUT2D eigenvalue weighted by molar-refractivity contribution is 5.81. The number of hydrogen-bond donors (Lipinski definition) is 3. The van der Waals surface area contributed by atoms with Crippen LogP contribution in [0, 0.1) is 5.41 Å². The highest BCUT2D eigenvalue weighted by atomic mass is 16.4. The van der Waals surface area contributed by atoms with Gasteiger partial charge in [0.2, 0.25) is 0 Å². The molecule has 1 aliphatic rings. The molecule has 1 atom stereocenters. The molecule has 1 unspecified atom stereocenters. The molecule has 0 radical (unpaired) electrons. The maximum absolute atomic E-state index is 11.4. The van der Waals surface area contributed by atoms with Gasteiger partial charge in [-0.15, -0.1) is 0 Å². The van der Waals surface area contributed by atoms with Crippen molar-refractivity contribution < 1.29 is 19.8 Å². The van der Waals surface area contributed by atoms with Crippen molar-refractivity contribution in [3.8, 4) is 0 Å². The topological polar surface area (TPSA) is 106 Å². The zero-order chi connectivity index (χ0) is 17.2. The summed E-state index contributed by atoms with van der Waals surface area (Å²) in [5, 5.41) is 20.2. The molecule has 8 nitrogen and oxygen atoms in total. The highest BCUT2D eigenvalue weighted by Gasteiger charge is 2.38. The Labute approximate surface area is 134 Å². The molecule has 0 aromatic carbocycles. The normalized spacial score (nSPS) is 18.7. The van der Waals surface area contributed by atoms with Gasteiger partial charge in [-0.1, -0.05) is 20.8 Å². The van der Waals surface area contributed by atoms with E-state index in [1.165, 1.54) is 4.90 Å². The van der Waals surface area contributed by atoms with Crippen LogP contribution in [0.2, 0.25) is 0 Å². The number of carboxylic acid groups (broad SMARTS) is 2. The number of carbonyl (C=O) groups is 2. The van der Waals surface area contributed by atoms with Crippen molar-refractivity contribution in [2.75, 3.05) is 29.9 Å². The van der Waals surface area contributed by atoms with Crippen LogP contribution in [0.5, 0.6) is 0 Å². The Kier molecular flexibility index (Phi) is 4.63. The van der Waals surface area contributed by atoms with Gasteiger partial charge in [-0.05, 0) is 17.5 Å². The van der Waals surface area contributed by atoms with Crippen molar-refractivity contribution in [3.63, 3.8) is 0 Å². The smallest absolute Gasteiger partial charge is 0.410 e. The summed E-state index contributed by atoms with van der Waals surface area (Å²) in [6.45, 7) is 7.64. The number of piperazine rings is 1. The first-order chi connectivity index (χ1) is 10.7. The van der Waals surface area contributed by atoms with Crippen LogP contribution < -0.4 is 10.2 Å². The van der Waals surface area contributed by atoms with Crippen LogP contribution >= 0.6 is 0 Å². The van der Waals surface area contributed by atoms with Crippen LogP contribution in [0.3, 0.4) is 0 Å². The van der Waals surface area contributed by atoms with Gasteiger partial charge in [-0.25, -0.2) is 14.6 Å². The number of amides is 2. The molecule has 2 amide bonds. The lowest BCUT2D eigenvalue weighted by molar-refractivity contribution is 0.0748. The second kappa shape index (κ2) is 6.31. The molecule has 126 valence electrons. The van der Waals surface area contributed by atoms with Gasteiger partial charge in [0, 0.05) is 19.6 Å². The lowest BCUT2D eigenvalue weighted by Crippen LogP contribution is -2.59. The largest absolute Gasteiger partial charge is 0.465 e. The summed E-state index contributed by atoms with van der Waals surface area (Å²) in [7, 11) is 0. The Morgan fingerprint density at radius 2 is 1.96 bits per heavy atom. The van der Waals surface area contributed by atoms with Crippen LogP contribution in [0.15, 0.2) is 18.3 Å². The molecule has 1 saturated heterocycles. The van der Waals surface area contributed by atoms with Gasteiger partial charge in [0.05, 0.1) is 17.9 Å². The SMILES string of the molecule is CC(C)(C)C1CN(c2ccc(NC(=O)O)nc2)CCN1C(=O)O. The lowest BCUT2D eigenvalue weighted by atomic mass is 9.84. The first-order valence-corrected chi connectivity index (χ1v) is 7.39. The molecule has 8 heteroatoms. The maximum atomic E-state index is 11.4. The van der Waals surface area contributed by atoms with Crippen molar-refractivity contribution in [3.05, 3.63) is 18.3 Å². The molecule has 0 bridgehead atoms. The molecule has 3 N–H and O–H groups in total. The molecule has 0 spiro atoms. The van der Waals surface area contributed by atoms with Gasteiger partial charge in [0.1, 0.15) is 5.82 Å². The molecule has 1 aromatic heterocycles. The summed E-state index contributed by atoms with van der Waals surface area (Å²) in [4.78, 5) is 29.7. The van der Waals surface area contributed by atoms with Crippen LogP contribution in [0.25, 0.3) is 0 Å². The van der Waals surface area contributed by atoms with E-state index < -0.39 is 12.2 Å². The summed E-state index contributed by atoms with van der Waals surface area (Å²) in [6.07, 6.45) is -0.460. The third kappa shape index (κ3) is 4.02. The fraction of sp³-hybridized carbons (Fsp3) is 0.533. The summed E-state index contributed by atoms with van der Waals surface area (Å²) in [5.74, 6) is 0.262. The van der Waals surface area contributed by atoms with Crippen molar-refractivity contribution in [2.45, 2.75) is 26.8 Å². The standard InChI is InChI=1S/C15H22N4O4/c1-15(2,3)11-9-18(6-7-19(11)14(22)23)10-4-5-12(16-8-10)17-13(20)21/h4-5,8,11H,6-7,9H2,1-3H3,(H,16,17)(H,20,21)(H,22,23). The number of rotatable bonds is 2. The predicted molar refractivity (Wildman–Crippen MR) is 86.1 cm³/mol. The van der Waals surface area contributed by atoms with E-state index in [9.17, 15) is 14.7 Å². The molecule has 0 aliphatic carbocycles. The zero-order valence-electron chi connectivity index (χ0n) is 13.5. The van der Waals surface area contributed by atoms with E-state index in [-0.39, 0.29) is 17.3 Å². The Balaban J connectivity index is 2.15. The molecular weight excluding hydrogens is 300 g/mol. The second-order valence-corrected chi connectivity index (χ2v) is 6.64. The highest BCUT2D eigenvalue weighted by Crippen LogP contribution is 2.30. The Hall–Kier alpha value is -2.51. The van der Waals surface area contributed by atoms with E-state index in [0.29, 0.717) is 19.6 Å². The summed E-state index contributed by atoms with van der Waals surface area (Å²) in [5.41, 5.74) is 0.662. The minimum Gasteiger partial charge on any atom is -0.465 e. The lowest BCUT2D eigenvalue weighted by Gasteiger charge is -2.46. The van der Waals surface area contributed by atoms with E-state index in [1.54, 1.807) is 18.3 Å². The number of hydrogen-bond acceptors (Lipinski definition) is 4. The van der Waals surface area contributed by atoms with Crippen molar-refractivity contribution in [1.29, 1.82) is 0 Å². The number of nitrogens with zero attached hydrogens (tertiary/aromatic N) is 3. The molecule has 23 heavy (non-hydrogen) atoms. The van der Waals surface area contributed by atoms with E-state index >= 15 is 0 Å². The second-order valence-electron chi connectivity index (χ2n) is 6.64. The Morgan fingerprint density at radius 1 is 1.26 bits per heavy atom. The summed E-state index contributed by atoms with van der Waals surface area (Å²) in [6, 6.07) is 3.25. The van der Waals surface area contributed by atoms with Crippen LogP contribution in [0.1, 0.15) is 20.8 Å². The average Bonchev–Trinajstić information content (AvgIpc) is 2.46. The summed E-state index contributed by atoms with van der Waals surface area (Å²) < 4.78 is 0. The molecule has 1 aromatic rings. The first-order valence-electron chi connectivity index (χ1n) is 7.39. The van der Waals surface area contributed by atoms with Crippen LogP contribution in [0.4, 0.5) is 21.1 Å². The quantitative estimate of drug-likeness (QED) is 0.772. The number of pyridine rings is 1. The Bertz CT molecular complexity index is 582. The third-order valence-corrected chi connectivity index (χ3v) is 3.97. The summed E-state index contributed by atoms with van der Waals surface area (Å²) >= 11 is 0. The van der Waals surface area contributed by atoms with Gasteiger partial charge in [-0.2, -0.15) is 0 Å². The molecule has 0 saturated carbocycles. The first kappa shape index (κ1) is 16.9. The van der Waals surface area contributed by atoms with E-state index in [4.69, 9.17) is 5.11 Å². The minimum absolute atomic E-state index is 0.134. The molecular formula is C15H22N4O4. The predicted octanol–water partition coefficient (Wildman–Crippen LogP) is 2.39.